The van der Waals surface area contributed by atoms with E-state index in [2.05, 4.69) is 19.6 Å². The van der Waals surface area contributed by atoms with Crippen LogP contribution in [0.4, 0.5) is 0 Å². The Morgan fingerprint density at radius 1 is 1.36 bits per heavy atom. The highest BCUT2D eigenvalue weighted by Crippen LogP contribution is 2.11. The fraction of sp³-hybridized carbons (Fsp3) is 0.900. The molecule has 0 aliphatic heterocycles. The molecule has 0 spiro atoms. The molecule has 0 bridgehead atoms. The largest absolute Gasteiger partial charge is 0.466 e. The van der Waals surface area contributed by atoms with Gasteiger partial charge in [0.1, 0.15) is 0 Å². The van der Waals surface area contributed by atoms with Gasteiger partial charge in [-0.3, -0.25) is 4.79 Å². The van der Waals surface area contributed by atoms with Crippen LogP contribution in [0.3, 0.4) is 0 Å². The second-order valence-electron chi connectivity index (χ2n) is 4.38. The van der Waals surface area contributed by atoms with E-state index < -0.39 is 8.32 Å². The third-order valence-electron chi connectivity index (χ3n) is 1.62. The molecule has 84 valence electrons. The molecule has 0 aliphatic rings. The van der Waals surface area contributed by atoms with E-state index in [9.17, 15) is 4.79 Å². The monoisotopic (exact) mass is 218 g/mol. The molecule has 4 heteroatoms. The quantitative estimate of drug-likeness (QED) is 0.508. The van der Waals surface area contributed by atoms with E-state index in [1.54, 1.807) is 0 Å². The van der Waals surface area contributed by atoms with Crippen LogP contribution < -0.4 is 0 Å². The normalized spacial score (nSPS) is 13.8. The molecule has 1 unspecified atom stereocenters. The van der Waals surface area contributed by atoms with Crippen LogP contribution in [0.1, 0.15) is 26.7 Å². The Labute approximate surface area is 87.9 Å². The lowest BCUT2D eigenvalue weighted by molar-refractivity contribution is -0.143. The molecule has 0 rings (SSSR count). The zero-order chi connectivity index (χ0) is 11.2. The van der Waals surface area contributed by atoms with Crippen LogP contribution in [0.2, 0.25) is 19.6 Å². The van der Waals surface area contributed by atoms with Gasteiger partial charge in [-0.25, -0.2) is 0 Å². The van der Waals surface area contributed by atoms with Gasteiger partial charge < -0.3 is 9.16 Å². The van der Waals surface area contributed by atoms with Crippen molar-refractivity contribution in [1.29, 1.82) is 0 Å². The van der Waals surface area contributed by atoms with Gasteiger partial charge in [0, 0.05) is 12.5 Å². The first-order valence-electron chi connectivity index (χ1n) is 5.18. The molecule has 14 heavy (non-hydrogen) atoms. The van der Waals surface area contributed by atoms with Crippen LogP contribution in [-0.4, -0.2) is 27.0 Å². The van der Waals surface area contributed by atoms with Gasteiger partial charge in [0.15, 0.2) is 8.32 Å². The van der Waals surface area contributed by atoms with Gasteiger partial charge in [-0.15, -0.1) is 0 Å². The minimum atomic E-state index is -1.46. The first kappa shape index (κ1) is 13.6. The number of hydrogen-bond acceptors (Lipinski definition) is 3. The van der Waals surface area contributed by atoms with Crippen molar-refractivity contribution in [3.05, 3.63) is 0 Å². The summed E-state index contributed by atoms with van der Waals surface area (Å²) in [5.74, 6) is -0.126. The van der Waals surface area contributed by atoms with Crippen molar-refractivity contribution in [2.45, 2.75) is 52.4 Å². The van der Waals surface area contributed by atoms with Crippen molar-refractivity contribution in [2.24, 2.45) is 0 Å². The van der Waals surface area contributed by atoms with Crippen molar-refractivity contribution in [1.82, 2.24) is 0 Å². The second-order valence-corrected chi connectivity index (χ2v) is 8.84. The van der Waals surface area contributed by atoms with Crippen molar-refractivity contribution < 1.29 is 14.0 Å². The predicted octanol–water partition coefficient (Wildman–Crippen LogP) is 2.57. The highest BCUT2D eigenvalue weighted by molar-refractivity contribution is 6.69. The first-order valence-corrected chi connectivity index (χ1v) is 8.59. The summed E-state index contributed by atoms with van der Waals surface area (Å²) >= 11 is 0. The molecule has 0 N–H and O–H groups in total. The summed E-state index contributed by atoms with van der Waals surface area (Å²) in [6.07, 6.45) is 1.37. The van der Waals surface area contributed by atoms with Crippen molar-refractivity contribution in [3.8, 4) is 0 Å². The van der Waals surface area contributed by atoms with Crippen molar-refractivity contribution >= 4 is 14.3 Å². The highest BCUT2D eigenvalue weighted by Gasteiger charge is 2.18. The number of ether oxygens (including phenoxy) is 1. The number of carbonyl (C=O) groups excluding carboxylic acids is 1. The van der Waals surface area contributed by atoms with Crippen molar-refractivity contribution in [3.63, 3.8) is 0 Å². The number of carbonyl (C=O) groups is 1. The minimum absolute atomic E-state index is 0.126. The van der Waals surface area contributed by atoms with Gasteiger partial charge in [0.25, 0.3) is 0 Å². The molecule has 0 aromatic carbocycles. The lowest BCUT2D eigenvalue weighted by Gasteiger charge is -2.23. The molecule has 0 heterocycles. The zero-order valence-corrected chi connectivity index (χ0v) is 10.9. The summed E-state index contributed by atoms with van der Waals surface area (Å²) < 4.78 is 10.6. The Hall–Kier alpha value is -0.353. The molecule has 0 saturated heterocycles. The van der Waals surface area contributed by atoms with E-state index in [0.717, 1.165) is 6.42 Å². The Morgan fingerprint density at radius 3 is 2.36 bits per heavy atom. The summed E-state index contributed by atoms with van der Waals surface area (Å²) in [5.41, 5.74) is 0. The van der Waals surface area contributed by atoms with Gasteiger partial charge in [0.05, 0.1) is 6.61 Å². The van der Waals surface area contributed by atoms with Crippen LogP contribution in [-0.2, 0) is 14.0 Å². The standard InChI is InChI=1S/C10H22O3Si/c1-6-12-10(11)8-7-9(2)13-14(3,4)5/h9H,6-8H2,1-5H3. The topological polar surface area (TPSA) is 35.5 Å². The maximum Gasteiger partial charge on any atom is 0.305 e. The average Bonchev–Trinajstić information content (AvgIpc) is 1.98. The van der Waals surface area contributed by atoms with Gasteiger partial charge in [0.2, 0.25) is 0 Å². The Morgan fingerprint density at radius 2 is 1.93 bits per heavy atom. The Kier molecular flexibility index (Phi) is 6.03. The Balaban J connectivity index is 3.63. The van der Waals surface area contributed by atoms with E-state index in [0.29, 0.717) is 13.0 Å². The van der Waals surface area contributed by atoms with Gasteiger partial charge in [-0.05, 0) is 39.9 Å². The summed E-state index contributed by atoms with van der Waals surface area (Å²) in [6, 6.07) is 0. The average molecular weight is 218 g/mol. The van der Waals surface area contributed by atoms with E-state index in [1.807, 2.05) is 13.8 Å². The molecule has 0 fully saturated rings. The number of esters is 1. The van der Waals surface area contributed by atoms with Crippen LogP contribution in [0, 0.1) is 0 Å². The van der Waals surface area contributed by atoms with Crippen molar-refractivity contribution in [2.75, 3.05) is 6.61 Å². The van der Waals surface area contributed by atoms with Crippen LogP contribution in [0.5, 0.6) is 0 Å². The SMILES string of the molecule is CCOC(=O)CCC(C)O[Si](C)(C)C. The van der Waals surface area contributed by atoms with E-state index in [4.69, 9.17) is 9.16 Å². The van der Waals surface area contributed by atoms with E-state index in [-0.39, 0.29) is 12.1 Å². The molecule has 0 saturated carbocycles. The lowest BCUT2D eigenvalue weighted by Crippen LogP contribution is -2.30. The zero-order valence-electron chi connectivity index (χ0n) is 9.92. The molecule has 3 nitrogen and oxygen atoms in total. The molecule has 1 atom stereocenters. The lowest BCUT2D eigenvalue weighted by atomic mass is 10.2. The fourth-order valence-electron chi connectivity index (χ4n) is 1.22. The third kappa shape index (κ3) is 8.25. The molecule has 0 radical (unpaired) electrons. The summed E-state index contributed by atoms with van der Waals surface area (Å²) in [5, 5.41) is 0. The van der Waals surface area contributed by atoms with Crippen LogP contribution in [0.15, 0.2) is 0 Å². The molecular weight excluding hydrogens is 196 g/mol. The third-order valence-corrected chi connectivity index (χ3v) is 2.72. The smallest absolute Gasteiger partial charge is 0.305 e. The molecule has 0 aliphatic carbocycles. The second kappa shape index (κ2) is 6.19. The number of rotatable bonds is 6. The number of hydrogen-bond donors (Lipinski definition) is 0. The maximum atomic E-state index is 11.0. The van der Waals surface area contributed by atoms with Gasteiger partial charge in [-0.1, -0.05) is 0 Å². The molecule has 0 aromatic rings. The van der Waals surface area contributed by atoms with E-state index in [1.165, 1.54) is 0 Å². The molecular formula is C10H22O3Si. The first-order chi connectivity index (χ1) is 6.35. The summed E-state index contributed by atoms with van der Waals surface area (Å²) in [4.78, 5) is 11.0. The summed E-state index contributed by atoms with van der Waals surface area (Å²) in [6.45, 7) is 10.7. The van der Waals surface area contributed by atoms with Crippen LogP contribution in [0.25, 0.3) is 0 Å². The highest BCUT2D eigenvalue weighted by atomic mass is 28.4. The summed E-state index contributed by atoms with van der Waals surface area (Å²) in [7, 11) is -1.46. The van der Waals surface area contributed by atoms with Gasteiger partial charge >= 0.3 is 5.97 Å². The molecule has 0 aromatic heterocycles. The minimum Gasteiger partial charge on any atom is -0.466 e. The maximum absolute atomic E-state index is 11.0. The van der Waals surface area contributed by atoms with E-state index >= 15 is 0 Å². The Bertz CT molecular complexity index is 175. The molecule has 0 amide bonds. The predicted molar refractivity (Wildman–Crippen MR) is 59.8 cm³/mol. The van der Waals surface area contributed by atoms with Gasteiger partial charge in [-0.2, -0.15) is 0 Å². The van der Waals surface area contributed by atoms with Crippen LogP contribution >= 0.6 is 0 Å². The fourth-order valence-corrected chi connectivity index (χ4v) is 2.54.